The Bertz CT molecular complexity index is 373. The predicted molar refractivity (Wildman–Crippen MR) is 64.6 cm³/mol. The Kier molecular flexibility index (Phi) is 2.60. The Morgan fingerprint density at radius 2 is 2.06 bits per heavy atom. The summed E-state index contributed by atoms with van der Waals surface area (Å²) in [5.41, 5.74) is 7.08. The quantitative estimate of drug-likeness (QED) is 0.822. The van der Waals surface area contributed by atoms with Gasteiger partial charge in [-0.25, -0.2) is 0 Å². The minimum absolute atomic E-state index is 0.653. The van der Waals surface area contributed by atoms with Gasteiger partial charge in [-0.1, -0.05) is 18.2 Å². The zero-order valence-electron chi connectivity index (χ0n) is 9.56. The number of hydrogen-bond acceptors (Lipinski definition) is 2. The Hall–Kier alpha value is -1.02. The van der Waals surface area contributed by atoms with Gasteiger partial charge in [-0.05, 0) is 55.2 Å². The molecular weight excluding hydrogens is 198 g/mol. The fourth-order valence-electron chi connectivity index (χ4n) is 2.30. The van der Waals surface area contributed by atoms with E-state index in [0.29, 0.717) is 11.8 Å². The van der Waals surface area contributed by atoms with Crippen LogP contribution < -0.4 is 10.5 Å². The second kappa shape index (κ2) is 4.10. The zero-order chi connectivity index (χ0) is 11.0. The summed E-state index contributed by atoms with van der Waals surface area (Å²) in [7, 11) is 0. The molecule has 2 atom stereocenters. The van der Waals surface area contributed by atoms with Gasteiger partial charge in [0.25, 0.3) is 0 Å². The highest BCUT2D eigenvalue weighted by Gasteiger charge is 2.38. The van der Waals surface area contributed by atoms with E-state index in [1.807, 2.05) is 0 Å². The van der Waals surface area contributed by atoms with Crippen molar-refractivity contribution in [3.05, 3.63) is 29.8 Å². The number of hydrogen-bond donors (Lipinski definition) is 1. The molecular formula is C14H19NO. The zero-order valence-corrected chi connectivity index (χ0v) is 9.56. The maximum atomic E-state index is 5.91. The molecule has 1 aromatic rings. The molecule has 3 rings (SSSR count). The molecule has 0 aliphatic heterocycles. The van der Waals surface area contributed by atoms with Crippen LogP contribution in [-0.4, -0.2) is 13.2 Å². The third kappa shape index (κ3) is 2.07. The van der Waals surface area contributed by atoms with Crippen molar-refractivity contribution >= 4 is 0 Å². The van der Waals surface area contributed by atoms with Crippen LogP contribution in [0.2, 0.25) is 0 Å². The van der Waals surface area contributed by atoms with Gasteiger partial charge in [-0.2, -0.15) is 0 Å². The average Bonchev–Trinajstić information content (AvgIpc) is 3.20. The first-order chi connectivity index (χ1) is 7.88. The molecule has 2 aliphatic rings. The van der Waals surface area contributed by atoms with Gasteiger partial charge in [0, 0.05) is 0 Å². The number of nitrogens with two attached hydrogens (primary N) is 1. The Labute approximate surface area is 96.8 Å². The molecule has 0 spiro atoms. The van der Waals surface area contributed by atoms with E-state index < -0.39 is 0 Å². The van der Waals surface area contributed by atoms with E-state index in [2.05, 4.69) is 24.3 Å². The van der Waals surface area contributed by atoms with Crippen LogP contribution in [0.5, 0.6) is 5.75 Å². The molecule has 2 nitrogen and oxygen atoms in total. The Morgan fingerprint density at radius 3 is 2.75 bits per heavy atom. The molecule has 2 heteroatoms. The highest BCUT2D eigenvalue weighted by atomic mass is 16.5. The standard InChI is InChI=1S/C14H19NO/c15-8-11-7-13(11)12-3-1-2-4-14(12)16-9-10-5-6-10/h1-4,10-11,13H,5-9,15H2/t11-,13+/m0/s1. The summed E-state index contributed by atoms with van der Waals surface area (Å²) < 4.78 is 5.91. The van der Waals surface area contributed by atoms with Crippen LogP contribution in [0, 0.1) is 11.8 Å². The number of para-hydroxylation sites is 1. The molecule has 0 radical (unpaired) electrons. The molecule has 0 unspecified atom stereocenters. The number of benzene rings is 1. The van der Waals surface area contributed by atoms with E-state index >= 15 is 0 Å². The third-order valence-electron chi connectivity index (χ3n) is 3.72. The van der Waals surface area contributed by atoms with Crippen molar-refractivity contribution in [1.29, 1.82) is 0 Å². The minimum atomic E-state index is 0.653. The van der Waals surface area contributed by atoms with Gasteiger partial charge in [-0.15, -0.1) is 0 Å². The van der Waals surface area contributed by atoms with Gasteiger partial charge in [-0.3, -0.25) is 0 Å². The first-order valence-electron chi connectivity index (χ1n) is 6.30. The van der Waals surface area contributed by atoms with Crippen LogP contribution >= 0.6 is 0 Å². The summed E-state index contributed by atoms with van der Waals surface area (Å²) in [5, 5.41) is 0. The van der Waals surface area contributed by atoms with Crippen LogP contribution in [0.25, 0.3) is 0 Å². The second-order valence-electron chi connectivity index (χ2n) is 5.13. The molecule has 2 N–H and O–H groups in total. The van der Waals surface area contributed by atoms with Gasteiger partial charge in [0.05, 0.1) is 6.61 Å². The smallest absolute Gasteiger partial charge is 0.122 e. The first-order valence-corrected chi connectivity index (χ1v) is 6.30. The van der Waals surface area contributed by atoms with E-state index in [1.54, 1.807) is 0 Å². The van der Waals surface area contributed by atoms with Crippen molar-refractivity contribution in [3.63, 3.8) is 0 Å². The van der Waals surface area contributed by atoms with E-state index in [1.165, 1.54) is 24.8 Å². The number of ether oxygens (including phenoxy) is 1. The molecule has 2 saturated carbocycles. The van der Waals surface area contributed by atoms with Gasteiger partial charge >= 0.3 is 0 Å². The van der Waals surface area contributed by atoms with Gasteiger partial charge < -0.3 is 10.5 Å². The largest absolute Gasteiger partial charge is 0.493 e. The molecule has 0 aromatic heterocycles. The lowest BCUT2D eigenvalue weighted by molar-refractivity contribution is 0.296. The summed E-state index contributed by atoms with van der Waals surface area (Å²) in [4.78, 5) is 0. The van der Waals surface area contributed by atoms with Crippen LogP contribution in [0.3, 0.4) is 0 Å². The topological polar surface area (TPSA) is 35.2 Å². The summed E-state index contributed by atoms with van der Waals surface area (Å²) in [5.74, 6) is 3.25. The summed E-state index contributed by atoms with van der Waals surface area (Å²) in [6, 6.07) is 8.46. The van der Waals surface area contributed by atoms with Crippen molar-refractivity contribution < 1.29 is 4.74 Å². The first kappa shape index (κ1) is 10.2. The molecule has 86 valence electrons. The Balaban J connectivity index is 1.70. The van der Waals surface area contributed by atoms with Crippen molar-refractivity contribution in [3.8, 4) is 5.75 Å². The summed E-state index contributed by atoms with van der Waals surface area (Å²) in [6.45, 7) is 1.71. The molecule has 0 amide bonds. The normalized spacial score (nSPS) is 27.8. The Morgan fingerprint density at radius 1 is 1.25 bits per heavy atom. The van der Waals surface area contributed by atoms with Crippen molar-refractivity contribution in [1.82, 2.24) is 0 Å². The van der Waals surface area contributed by atoms with Gasteiger partial charge in [0.1, 0.15) is 5.75 Å². The SMILES string of the molecule is NC[C@@H]1C[C@H]1c1ccccc1OCC1CC1. The maximum absolute atomic E-state index is 5.91. The molecule has 2 aliphatic carbocycles. The fourth-order valence-corrected chi connectivity index (χ4v) is 2.30. The molecule has 16 heavy (non-hydrogen) atoms. The third-order valence-corrected chi connectivity index (χ3v) is 3.72. The second-order valence-corrected chi connectivity index (χ2v) is 5.13. The highest BCUT2D eigenvalue weighted by Crippen LogP contribution is 2.49. The lowest BCUT2D eigenvalue weighted by atomic mass is 10.1. The summed E-state index contributed by atoms with van der Waals surface area (Å²) >= 11 is 0. The van der Waals surface area contributed by atoms with Crippen LogP contribution in [0.15, 0.2) is 24.3 Å². The monoisotopic (exact) mass is 217 g/mol. The van der Waals surface area contributed by atoms with E-state index in [9.17, 15) is 0 Å². The highest BCUT2D eigenvalue weighted by molar-refractivity contribution is 5.39. The van der Waals surface area contributed by atoms with E-state index in [0.717, 1.165) is 24.8 Å². The van der Waals surface area contributed by atoms with E-state index in [4.69, 9.17) is 10.5 Å². The van der Waals surface area contributed by atoms with Crippen LogP contribution in [0.4, 0.5) is 0 Å². The molecule has 1 aromatic carbocycles. The summed E-state index contributed by atoms with van der Waals surface area (Å²) in [6.07, 6.45) is 3.92. The minimum Gasteiger partial charge on any atom is -0.493 e. The molecule has 0 bridgehead atoms. The maximum Gasteiger partial charge on any atom is 0.122 e. The van der Waals surface area contributed by atoms with Crippen molar-refractivity contribution in [2.45, 2.75) is 25.2 Å². The number of rotatable bonds is 5. The molecule has 2 fully saturated rings. The van der Waals surface area contributed by atoms with Gasteiger partial charge in [0.2, 0.25) is 0 Å². The molecule has 0 heterocycles. The fraction of sp³-hybridized carbons (Fsp3) is 0.571. The van der Waals surface area contributed by atoms with Crippen LogP contribution in [-0.2, 0) is 0 Å². The predicted octanol–water partition coefficient (Wildman–Crippen LogP) is 2.54. The van der Waals surface area contributed by atoms with Gasteiger partial charge in [0.15, 0.2) is 0 Å². The average molecular weight is 217 g/mol. The van der Waals surface area contributed by atoms with Crippen molar-refractivity contribution in [2.75, 3.05) is 13.2 Å². The lowest BCUT2D eigenvalue weighted by Gasteiger charge is -2.10. The van der Waals surface area contributed by atoms with E-state index in [-0.39, 0.29) is 0 Å². The lowest BCUT2D eigenvalue weighted by Crippen LogP contribution is -2.04. The van der Waals surface area contributed by atoms with Crippen LogP contribution in [0.1, 0.15) is 30.7 Å². The molecule has 0 saturated heterocycles. The van der Waals surface area contributed by atoms with Crippen molar-refractivity contribution in [2.24, 2.45) is 17.6 Å².